The molecule has 0 atom stereocenters. The molecule has 4 rings (SSSR count). The highest BCUT2D eigenvalue weighted by Gasteiger charge is 2.33. The summed E-state index contributed by atoms with van der Waals surface area (Å²) < 4.78 is 53.0. The maximum atomic E-state index is 13.9. The number of hydrogen-bond acceptors (Lipinski definition) is 4. The molecule has 1 fully saturated rings. The molecule has 1 amide bonds. The molecule has 0 spiro atoms. The molecule has 3 aromatic rings. The Bertz CT molecular complexity index is 1150. The summed E-state index contributed by atoms with van der Waals surface area (Å²) in [7, 11) is -3.53. The predicted octanol–water partition coefficient (Wildman–Crippen LogP) is 4.77. The molecule has 1 aliphatic rings. The number of likely N-dealkylation sites (tertiary alicyclic amines) is 1. The number of hydrogen-bond donors (Lipinski definition) is 0. The van der Waals surface area contributed by atoms with E-state index >= 15 is 0 Å². The summed E-state index contributed by atoms with van der Waals surface area (Å²) in [6.45, 7) is 0.402. The van der Waals surface area contributed by atoms with Gasteiger partial charge in [0.25, 0.3) is 5.91 Å². The van der Waals surface area contributed by atoms with Crippen molar-refractivity contribution in [2.24, 2.45) is 0 Å². The summed E-state index contributed by atoms with van der Waals surface area (Å²) >= 11 is 1.58. The molecule has 0 bridgehead atoms. The van der Waals surface area contributed by atoms with Crippen LogP contribution < -0.4 is 0 Å². The molecule has 1 aliphatic heterocycles. The Morgan fingerprint density at radius 1 is 0.967 bits per heavy atom. The lowest BCUT2D eigenvalue weighted by atomic mass is 10.1. The standard InChI is InChI=1S/C22H19F2NO3S2/c23-17-3-6-20(21(24)13-17)22(26)25-10-7-19(8-11-25)30(27,28)18-4-1-15(2-5-18)16-9-12-29-14-16/h1-6,9,12-14,19H,7-8,10-11H2. The number of benzene rings is 2. The Kier molecular flexibility index (Phi) is 5.71. The molecule has 0 radical (unpaired) electrons. The van der Waals surface area contributed by atoms with Crippen molar-refractivity contribution < 1.29 is 22.0 Å². The van der Waals surface area contributed by atoms with Gasteiger partial charge in [-0.3, -0.25) is 4.79 Å². The largest absolute Gasteiger partial charge is 0.338 e. The van der Waals surface area contributed by atoms with Gasteiger partial charge in [0, 0.05) is 19.2 Å². The minimum atomic E-state index is -3.53. The first-order chi connectivity index (χ1) is 14.4. The average molecular weight is 448 g/mol. The fourth-order valence-electron chi connectivity index (χ4n) is 3.66. The molecule has 2 heterocycles. The van der Waals surface area contributed by atoms with E-state index in [0.29, 0.717) is 6.07 Å². The van der Waals surface area contributed by atoms with Crippen molar-refractivity contribution in [2.75, 3.05) is 13.1 Å². The van der Waals surface area contributed by atoms with Gasteiger partial charge in [-0.05, 0) is 65.1 Å². The number of thiophene rings is 1. The van der Waals surface area contributed by atoms with Gasteiger partial charge in [-0.2, -0.15) is 11.3 Å². The summed E-state index contributed by atoms with van der Waals surface area (Å²) in [5.41, 5.74) is 1.79. The van der Waals surface area contributed by atoms with Gasteiger partial charge in [-0.25, -0.2) is 17.2 Å². The van der Waals surface area contributed by atoms with Crippen molar-refractivity contribution in [1.29, 1.82) is 0 Å². The highest BCUT2D eigenvalue weighted by molar-refractivity contribution is 7.92. The van der Waals surface area contributed by atoms with E-state index in [-0.39, 0.29) is 36.4 Å². The highest BCUT2D eigenvalue weighted by Crippen LogP contribution is 2.28. The monoisotopic (exact) mass is 447 g/mol. The van der Waals surface area contributed by atoms with Gasteiger partial charge in [0.15, 0.2) is 9.84 Å². The molecule has 0 saturated carbocycles. The Labute approximate surface area is 177 Å². The van der Waals surface area contributed by atoms with Crippen LogP contribution in [0.25, 0.3) is 11.1 Å². The molecule has 0 unspecified atom stereocenters. The van der Waals surface area contributed by atoms with Gasteiger partial charge in [-0.1, -0.05) is 12.1 Å². The minimum absolute atomic E-state index is 0.201. The molecule has 1 aromatic heterocycles. The second-order valence-electron chi connectivity index (χ2n) is 7.20. The summed E-state index contributed by atoms with van der Waals surface area (Å²) in [4.78, 5) is 14.2. The van der Waals surface area contributed by atoms with Gasteiger partial charge >= 0.3 is 0 Å². The van der Waals surface area contributed by atoms with Crippen molar-refractivity contribution in [3.8, 4) is 11.1 Å². The third kappa shape index (κ3) is 4.02. The van der Waals surface area contributed by atoms with Crippen LogP contribution in [-0.2, 0) is 9.84 Å². The molecule has 1 saturated heterocycles. The molecule has 156 valence electrons. The molecule has 8 heteroatoms. The number of carbonyl (C=O) groups excluding carboxylic acids is 1. The first-order valence-electron chi connectivity index (χ1n) is 9.47. The Balaban J connectivity index is 1.44. The number of nitrogens with zero attached hydrogens (tertiary/aromatic N) is 1. The van der Waals surface area contributed by atoms with Gasteiger partial charge in [-0.15, -0.1) is 0 Å². The third-order valence-corrected chi connectivity index (χ3v) is 8.33. The van der Waals surface area contributed by atoms with Crippen molar-refractivity contribution in [2.45, 2.75) is 23.0 Å². The van der Waals surface area contributed by atoms with Crippen molar-refractivity contribution in [1.82, 2.24) is 4.90 Å². The van der Waals surface area contributed by atoms with Crippen LogP contribution in [0.5, 0.6) is 0 Å². The van der Waals surface area contributed by atoms with Crippen LogP contribution in [0, 0.1) is 11.6 Å². The first kappa shape index (κ1) is 20.7. The van der Waals surface area contributed by atoms with E-state index in [0.717, 1.165) is 23.3 Å². The number of sulfone groups is 1. The Hall–Kier alpha value is -2.58. The van der Waals surface area contributed by atoms with Crippen molar-refractivity contribution in [3.05, 3.63) is 76.5 Å². The molecule has 0 aliphatic carbocycles. The topological polar surface area (TPSA) is 54.5 Å². The number of amides is 1. The first-order valence-corrected chi connectivity index (χ1v) is 12.0. The van der Waals surface area contributed by atoms with Crippen LogP contribution in [0.4, 0.5) is 8.78 Å². The fraction of sp³-hybridized carbons (Fsp3) is 0.227. The Morgan fingerprint density at radius 2 is 1.67 bits per heavy atom. The van der Waals surface area contributed by atoms with E-state index in [2.05, 4.69) is 0 Å². The van der Waals surface area contributed by atoms with E-state index in [9.17, 15) is 22.0 Å². The molecule has 4 nitrogen and oxygen atoms in total. The highest BCUT2D eigenvalue weighted by atomic mass is 32.2. The van der Waals surface area contributed by atoms with E-state index in [1.165, 1.54) is 4.90 Å². The van der Waals surface area contributed by atoms with E-state index < -0.39 is 32.6 Å². The number of halogens is 2. The molecular weight excluding hydrogens is 428 g/mol. The molecule has 30 heavy (non-hydrogen) atoms. The zero-order valence-electron chi connectivity index (χ0n) is 15.9. The predicted molar refractivity (Wildman–Crippen MR) is 112 cm³/mol. The molecular formula is C22H19F2NO3S2. The summed E-state index contributed by atoms with van der Waals surface area (Å²) in [5.74, 6) is -2.22. The van der Waals surface area contributed by atoms with Gasteiger partial charge < -0.3 is 4.90 Å². The van der Waals surface area contributed by atoms with Crippen LogP contribution in [0.1, 0.15) is 23.2 Å². The second-order valence-corrected chi connectivity index (χ2v) is 10.2. The SMILES string of the molecule is O=C(c1ccc(F)cc1F)N1CCC(S(=O)(=O)c2ccc(-c3ccsc3)cc2)CC1. The van der Waals surface area contributed by atoms with Crippen LogP contribution in [0.2, 0.25) is 0 Å². The second kappa shape index (κ2) is 8.28. The molecule has 2 aromatic carbocycles. The normalized spacial score (nSPS) is 15.3. The van der Waals surface area contributed by atoms with Gasteiger partial charge in [0.05, 0.1) is 15.7 Å². The summed E-state index contributed by atoms with van der Waals surface area (Å²) in [6.07, 6.45) is 0.534. The zero-order valence-corrected chi connectivity index (χ0v) is 17.6. The van der Waals surface area contributed by atoms with Crippen LogP contribution in [0.15, 0.2) is 64.2 Å². The van der Waals surface area contributed by atoms with Crippen LogP contribution in [-0.4, -0.2) is 37.6 Å². The number of carbonyl (C=O) groups is 1. The van der Waals surface area contributed by atoms with Crippen LogP contribution in [0.3, 0.4) is 0 Å². The maximum Gasteiger partial charge on any atom is 0.256 e. The fourth-order valence-corrected chi connectivity index (χ4v) is 6.06. The average Bonchev–Trinajstić information content (AvgIpc) is 3.28. The van der Waals surface area contributed by atoms with Gasteiger partial charge in [0.1, 0.15) is 11.6 Å². The van der Waals surface area contributed by atoms with E-state index in [4.69, 9.17) is 0 Å². The van der Waals surface area contributed by atoms with Gasteiger partial charge in [0.2, 0.25) is 0 Å². The van der Waals surface area contributed by atoms with Crippen LogP contribution >= 0.6 is 11.3 Å². The minimum Gasteiger partial charge on any atom is -0.338 e. The quantitative estimate of drug-likeness (QED) is 0.579. The maximum absolute atomic E-state index is 13.9. The smallest absolute Gasteiger partial charge is 0.256 e. The molecule has 0 N–H and O–H groups in total. The van der Waals surface area contributed by atoms with Crippen molar-refractivity contribution >= 4 is 27.1 Å². The number of piperidine rings is 1. The number of rotatable bonds is 4. The summed E-state index contributed by atoms with van der Waals surface area (Å²) in [6, 6.07) is 11.6. The lowest BCUT2D eigenvalue weighted by Gasteiger charge is -2.32. The Morgan fingerprint density at radius 3 is 2.27 bits per heavy atom. The lowest BCUT2D eigenvalue weighted by molar-refractivity contribution is 0.0721. The zero-order chi connectivity index (χ0) is 21.3. The third-order valence-electron chi connectivity index (χ3n) is 5.37. The van der Waals surface area contributed by atoms with Crippen molar-refractivity contribution in [3.63, 3.8) is 0 Å². The lowest BCUT2D eigenvalue weighted by Crippen LogP contribution is -2.42. The van der Waals surface area contributed by atoms with E-state index in [1.807, 2.05) is 16.8 Å². The summed E-state index contributed by atoms with van der Waals surface area (Å²) in [5, 5.41) is 3.36. The van der Waals surface area contributed by atoms with E-state index in [1.54, 1.807) is 35.6 Å².